The van der Waals surface area contributed by atoms with Crippen molar-refractivity contribution >= 4 is 0 Å². The molecule has 2 N–H and O–H groups in total. The van der Waals surface area contributed by atoms with Crippen LogP contribution in [0.4, 0.5) is 0 Å². The van der Waals surface area contributed by atoms with Crippen LogP contribution in [0.1, 0.15) is 26.7 Å². The molecule has 0 unspecified atom stereocenters. The Kier molecular flexibility index (Phi) is 4.12. The molecule has 0 amide bonds. The number of aliphatic hydroxyl groups is 2. The minimum atomic E-state index is -0.712. The van der Waals surface area contributed by atoms with Crippen molar-refractivity contribution in [2.45, 2.75) is 37.9 Å². The van der Waals surface area contributed by atoms with E-state index in [-0.39, 0.29) is 0 Å². The van der Waals surface area contributed by atoms with Gasteiger partial charge in [0.2, 0.25) is 0 Å². The SMILES string of the molecule is CN(CC(C)(C)O)CC1(O)CCOCC1. The van der Waals surface area contributed by atoms with Gasteiger partial charge in [-0.1, -0.05) is 0 Å². The average Bonchev–Trinajstić information content (AvgIpc) is 1.99. The first-order chi connectivity index (χ1) is 6.81. The Morgan fingerprint density at radius 1 is 1.33 bits per heavy atom. The van der Waals surface area contributed by atoms with Crippen LogP contribution in [0.3, 0.4) is 0 Å². The monoisotopic (exact) mass is 217 g/mol. The summed E-state index contributed by atoms with van der Waals surface area (Å²) >= 11 is 0. The van der Waals surface area contributed by atoms with E-state index >= 15 is 0 Å². The van der Waals surface area contributed by atoms with Crippen LogP contribution >= 0.6 is 0 Å². The van der Waals surface area contributed by atoms with Crippen LogP contribution in [-0.2, 0) is 4.74 Å². The van der Waals surface area contributed by atoms with E-state index in [0.717, 1.165) is 0 Å². The maximum absolute atomic E-state index is 10.2. The zero-order valence-corrected chi connectivity index (χ0v) is 9.99. The van der Waals surface area contributed by atoms with Crippen molar-refractivity contribution in [1.82, 2.24) is 4.90 Å². The third kappa shape index (κ3) is 4.93. The molecule has 0 saturated carbocycles. The lowest BCUT2D eigenvalue weighted by Crippen LogP contribution is -2.48. The van der Waals surface area contributed by atoms with Crippen LogP contribution in [0.15, 0.2) is 0 Å². The van der Waals surface area contributed by atoms with Crippen LogP contribution < -0.4 is 0 Å². The summed E-state index contributed by atoms with van der Waals surface area (Å²) in [5.41, 5.74) is -1.35. The lowest BCUT2D eigenvalue weighted by Gasteiger charge is -2.37. The third-order valence-electron chi connectivity index (χ3n) is 2.64. The highest BCUT2D eigenvalue weighted by Crippen LogP contribution is 2.21. The van der Waals surface area contributed by atoms with E-state index in [9.17, 15) is 10.2 Å². The van der Waals surface area contributed by atoms with Crippen LogP contribution in [0, 0.1) is 0 Å². The van der Waals surface area contributed by atoms with Gasteiger partial charge in [-0.25, -0.2) is 0 Å². The smallest absolute Gasteiger partial charge is 0.0817 e. The number of rotatable bonds is 4. The zero-order chi connectivity index (χ0) is 11.5. The van der Waals surface area contributed by atoms with Crippen molar-refractivity contribution < 1.29 is 14.9 Å². The van der Waals surface area contributed by atoms with Gasteiger partial charge in [-0.3, -0.25) is 0 Å². The molecule has 0 aromatic heterocycles. The van der Waals surface area contributed by atoms with Crippen molar-refractivity contribution in [2.75, 3.05) is 33.4 Å². The second-order valence-corrected chi connectivity index (χ2v) is 5.32. The fourth-order valence-corrected chi connectivity index (χ4v) is 2.13. The summed E-state index contributed by atoms with van der Waals surface area (Å²) in [7, 11) is 1.92. The van der Waals surface area contributed by atoms with Gasteiger partial charge in [-0.2, -0.15) is 0 Å². The van der Waals surface area contributed by atoms with Gasteiger partial charge in [-0.05, 0) is 20.9 Å². The van der Waals surface area contributed by atoms with E-state index in [0.29, 0.717) is 39.1 Å². The van der Waals surface area contributed by atoms with E-state index in [1.165, 1.54) is 0 Å². The first kappa shape index (κ1) is 12.9. The summed E-state index contributed by atoms with van der Waals surface area (Å²) in [5, 5.41) is 19.9. The molecule has 1 aliphatic rings. The largest absolute Gasteiger partial charge is 0.389 e. The predicted molar refractivity (Wildman–Crippen MR) is 58.8 cm³/mol. The number of likely N-dealkylation sites (N-methyl/N-ethyl adjacent to an activating group) is 1. The van der Waals surface area contributed by atoms with E-state index in [1.54, 1.807) is 13.8 Å². The Labute approximate surface area is 91.8 Å². The van der Waals surface area contributed by atoms with Gasteiger partial charge in [0.05, 0.1) is 11.2 Å². The third-order valence-corrected chi connectivity index (χ3v) is 2.64. The quantitative estimate of drug-likeness (QED) is 0.708. The molecule has 1 saturated heterocycles. The second kappa shape index (κ2) is 4.78. The molecule has 1 aliphatic heterocycles. The minimum Gasteiger partial charge on any atom is -0.389 e. The van der Waals surface area contributed by atoms with Gasteiger partial charge >= 0.3 is 0 Å². The minimum absolute atomic E-state index is 0.566. The van der Waals surface area contributed by atoms with Crippen LogP contribution in [-0.4, -0.2) is 59.7 Å². The molecule has 4 nitrogen and oxygen atoms in total. The Hall–Kier alpha value is -0.160. The molecule has 4 heteroatoms. The number of hydrogen-bond acceptors (Lipinski definition) is 4. The Morgan fingerprint density at radius 2 is 1.87 bits per heavy atom. The van der Waals surface area contributed by atoms with Crippen LogP contribution in [0.2, 0.25) is 0 Å². The molecule has 0 radical (unpaired) electrons. The standard InChI is InChI=1S/C11H23NO3/c1-10(2,13)8-12(3)9-11(14)4-6-15-7-5-11/h13-14H,4-9H2,1-3H3. The zero-order valence-electron chi connectivity index (χ0n) is 9.99. The maximum atomic E-state index is 10.2. The summed E-state index contributed by atoms with van der Waals surface area (Å²) in [4.78, 5) is 1.98. The van der Waals surface area contributed by atoms with Crippen molar-refractivity contribution in [3.8, 4) is 0 Å². The molecule has 90 valence electrons. The van der Waals surface area contributed by atoms with E-state index in [1.807, 2.05) is 11.9 Å². The molecule has 1 heterocycles. The van der Waals surface area contributed by atoms with Gasteiger partial charge in [0.15, 0.2) is 0 Å². The highest BCUT2D eigenvalue weighted by atomic mass is 16.5. The lowest BCUT2D eigenvalue weighted by atomic mass is 9.93. The Balaban J connectivity index is 2.38. The normalized spacial score (nSPS) is 22.0. The van der Waals surface area contributed by atoms with Crippen molar-refractivity contribution in [1.29, 1.82) is 0 Å². The van der Waals surface area contributed by atoms with Gasteiger partial charge in [0, 0.05) is 39.1 Å². The fraction of sp³-hybridized carbons (Fsp3) is 1.00. The molecular formula is C11H23NO3. The van der Waals surface area contributed by atoms with Gasteiger partial charge in [-0.15, -0.1) is 0 Å². The van der Waals surface area contributed by atoms with Crippen molar-refractivity contribution in [2.24, 2.45) is 0 Å². The molecule has 0 aromatic carbocycles. The summed E-state index contributed by atoms with van der Waals surface area (Å²) in [5.74, 6) is 0. The number of hydrogen-bond donors (Lipinski definition) is 2. The summed E-state index contributed by atoms with van der Waals surface area (Å²) in [6.07, 6.45) is 1.37. The second-order valence-electron chi connectivity index (χ2n) is 5.32. The molecular weight excluding hydrogens is 194 g/mol. The molecule has 0 spiro atoms. The van der Waals surface area contributed by atoms with Crippen molar-refractivity contribution in [3.63, 3.8) is 0 Å². The number of nitrogens with zero attached hydrogens (tertiary/aromatic N) is 1. The van der Waals surface area contributed by atoms with Gasteiger partial charge in [0.1, 0.15) is 0 Å². The topological polar surface area (TPSA) is 52.9 Å². The predicted octanol–water partition coefficient (Wildman–Crippen LogP) is 0.231. The first-order valence-electron chi connectivity index (χ1n) is 5.52. The maximum Gasteiger partial charge on any atom is 0.0817 e. The molecule has 1 rings (SSSR count). The van der Waals surface area contributed by atoms with Crippen LogP contribution in [0.25, 0.3) is 0 Å². The average molecular weight is 217 g/mol. The van der Waals surface area contributed by atoms with Crippen LogP contribution in [0.5, 0.6) is 0 Å². The number of ether oxygens (including phenoxy) is 1. The van der Waals surface area contributed by atoms with E-state index < -0.39 is 11.2 Å². The van der Waals surface area contributed by atoms with Gasteiger partial charge in [0.25, 0.3) is 0 Å². The summed E-state index contributed by atoms with van der Waals surface area (Å²) in [6.45, 7) is 5.98. The van der Waals surface area contributed by atoms with Gasteiger partial charge < -0.3 is 19.8 Å². The first-order valence-corrected chi connectivity index (χ1v) is 5.52. The highest BCUT2D eigenvalue weighted by Gasteiger charge is 2.32. The molecule has 15 heavy (non-hydrogen) atoms. The molecule has 0 aromatic rings. The molecule has 0 atom stereocenters. The summed E-state index contributed by atoms with van der Waals surface area (Å²) < 4.78 is 5.22. The van der Waals surface area contributed by atoms with Crippen molar-refractivity contribution in [3.05, 3.63) is 0 Å². The fourth-order valence-electron chi connectivity index (χ4n) is 2.13. The Bertz CT molecular complexity index is 194. The lowest BCUT2D eigenvalue weighted by molar-refractivity contribution is -0.0835. The Morgan fingerprint density at radius 3 is 2.33 bits per heavy atom. The molecule has 1 fully saturated rings. The molecule has 0 aliphatic carbocycles. The summed E-state index contributed by atoms with van der Waals surface area (Å²) in [6, 6.07) is 0. The highest BCUT2D eigenvalue weighted by molar-refractivity contribution is 4.85. The van der Waals surface area contributed by atoms with E-state index in [2.05, 4.69) is 0 Å². The van der Waals surface area contributed by atoms with E-state index in [4.69, 9.17) is 4.74 Å². The molecule has 0 bridgehead atoms.